The summed E-state index contributed by atoms with van der Waals surface area (Å²) in [5.41, 5.74) is 3.67. The van der Waals surface area contributed by atoms with Crippen molar-refractivity contribution in [3.63, 3.8) is 0 Å². The third-order valence-electron chi connectivity index (χ3n) is 7.57. The topological polar surface area (TPSA) is 80.0 Å². The van der Waals surface area contributed by atoms with Gasteiger partial charge in [-0.15, -0.1) is 0 Å². The average molecular weight is 608 g/mol. The van der Waals surface area contributed by atoms with Crippen LogP contribution in [0.4, 0.5) is 4.39 Å². The molecular weight excluding hydrogens is 573 g/mol. The van der Waals surface area contributed by atoms with Crippen LogP contribution in [0.25, 0.3) is 28.0 Å². The zero-order valence-corrected chi connectivity index (χ0v) is 25.9. The zero-order valence-electron chi connectivity index (χ0n) is 25.9. The van der Waals surface area contributed by atoms with Crippen molar-refractivity contribution in [2.24, 2.45) is 0 Å². The first kappa shape index (κ1) is 29.9. The van der Waals surface area contributed by atoms with Crippen molar-refractivity contribution in [2.75, 3.05) is 7.11 Å². The monoisotopic (exact) mass is 607 g/mol. The lowest BCUT2D eigenvalue weighted by Crippen LogP contribution is -2.27. The summed E-state index contributed by atoms with van der Waals surface area (Å²) in [5.74, 6) is 1.40. The zero-order chi connectivity index (χ0) is 31.7. The predicted octanol–water partition coefficient (Wildman–Crippen LogP) is 8.34. The molecule has 5 aromatic rings. The third kappa shape index (κ3) is 6.13. The maximum Gasteiger partial charge on any atom is 0.204 e. The van der Waals surface area contributed by atoms with Crippen LogP contribution < -0.4 is 24.4 Å². The van der Waals surface area contributed by atoms with E-state index in [1.54, 1.807) is 37.6 Å². The van der Waals surface area contributed by atoms with Gasteiger partial charge in [0.2, 0.25) is 5.43 Å². The molecule has 0 unspecified atom stereocenters. The molecule has 0 saturated heterocycles. The highest BCUT2D eigenvalue weighted by Gasteiger charge is 2.29. The molecule has 2 aromatic heterocycles. The largest absolute Gasteiger partial charge is 0.493 e. The van der Waals surface area contributed by atoms with Crippen molar-refractivity contribution in [1.82, 2.24) is 4.98 Å². The van der Waals surface area contributed by atoms with Gasteiger partial charge < -0.3 is 23.4 Å². The van der Waals surface area contributed by atoms with Gasteiger partial charge in [-0.2, -0.15) is 0 Å². The lowest BCUT2D eigenvalue weighted by Gasteiger charge is -2.29. The highest BCUT2D eigenvalue weighted by molar-refractivity contribution is 5.99. The molecule has 45 heavy (non-hydrogen) atoms. The highest BCUT2D eigenvalue weighted by Crippen LogP contribution is 2.44. The SMILES string of the molecule is COc1c(OCc2ccc(F)cc2)cc2oc3cc4c(c(OCc5ccccn5)c3c(=O)c2c1CC=C(C)C)C=CC(C)(C)O4. The maximum absolute atomic E-state index is 14.6. The van der Waals surface area contributed by atoms with Crippen LogP contribution >= 0.6 is 0 Å². The van der Waals surface area contributed by atoms with Gasteiger partial charge in [0, 0.05) is 23.9 Å². The average Bonchev–Trinajstić information content (AvgIpc) is 3.01. The van der Waals surface area contributed by atoms with Crippen LogP contribution in [-0.2, 0) is 19.6 Å². The molecule has 0 radical (unpaired) electrons. The van der Waals surface area contributed by atoms with E-state index in [0.29, 0.717) is 68.2 Å². The molecule has 3 aromatic carbocycles. The number of nitrogens with zero attached hydrogens (tertiary/aromatic N) is 1. The van der Waals surface area contributed by atoms with Crippen LogP contribution in [0.3, 0.4) is 0 Å². The van der Waals surface area contributed by atoms with Crippen molar-refractivity contribution in [3.05, 3.63) is 117 Å². The first-order valence-corrected chi connectivity index (χ1v) is 14.7. The third-order valence-corrected chi connectivity index (χ3v) is 7.57. The molecule has 1 aliphatic rings. The molecule has 0 spiro atoms. The van der Waals surface area contributed by atoms with Gasteiger partial charge in [0.15, 0.2) is 11.5 Å². The molecule has 0 fully saturated rings. The van der Waals surface area contributed by atoms with Gasteiger partial charge in [0.1, 0.15) is 52.7 Å². The molecule has 8 heteroatoms. The molecule has 3 heterocycles. The Kier molecular flexibility index (Phi) is 8.06. The number of pyridine rings is 1. The molecule has 7 nitrogen and oxygen atoms in total. The van der Waals surface area contributed by atoms with Crippen LogP contribution in [0, 0.1) is 5.82 Å². The number of benzene rings is 3. The van der Waals surface area contributed by atoms with E-state index >= 15 is 0 Å². The first-order valence-electron chi connectivity index (χ1n) is 14.7. The van der Waals surface area contributed by atoms with E-state index in [4.69, 9.17) is 23.4 Å². The van der Waals surface area contributed by atoms with Crippen molar-refractivity contribution >= 4 is 28.0 Å². The second kappa shape index (κ2) is 12.1. The summed E-state index contributed by atoms with van der Waals surface area (Å²) in [6.07, 6.45) is 7.98. The number of ether oxygens (including phenoxy) is 4. The second-order valence-corrected chi connectivity index (χ2v) is 11.7. The molecule has 230 valence electrons. The summed E-state index contributed by atoms with van der Waals surface area (Å²) < 4.78 is 44.7. The fourth-order valence-corrected chi connectivity index (χ4v) is 5.36. The fraction of sp³-hybridized carbons (Fsp3) is 0.243. The Hall–Kier alpha value is -5.11. The smallest absolute Gasteiger partial charge is 0.204 e. The van der Waals surface area contributed by atoms with E-state index in [1.807, 2.05) is 64.1 Å². The van der Waals surface area contributed by atoms with Crippen LogP contribution in [0.2, 0.25) is 0 Å². The Bertz CT molecular complexity index is 2010. The number of hydrogen-bond acceptors (Lipinski definition) is 7. The van der Waals surface area contributed by atoms with E-state index in [0.717, 1.165) is 11.1 Å². The molecule has 0 saturated carbocycles. The summed E-state index contributed by atoms with van der Waals surface area (Å²) in [5, 5.41) is 0.667. The summed E-state index contributed by atoms with van der Waals surface area (Å²) in [4.78, 5) is 19.0. The number of fused-ring (bicyclic) bond motifs is 3. The number of allylic oxidation sites excluding steroid dienone is 2. The Labute approximate surface area is 260 Å². The predicted molar refractivity (Wildman–Crippen MR) is 173 cm³/mol. The molecule has 0 aliphatic carbocycles. The van der Waals surface area contributed by atoms with Gasteiger partial charge in [-0.1, -0.05) is 29.8 Å². The van der Waals surface area contributed by atoms with Gasteiger partial charge in [-0.25, -0.2) is 4.39 Å². The molecule has 0 amide bonds. The van der Waals surface area contributed by atoms with Gasteiger partial charge in [-0.05, 0) is 76.1 Å². The fourth-order valence-electron chi connectivity index (χ4n) is 5.36. The van der Waals surface area contributed by atoms with E-state index in [2.05, 4.69) is 4.98 Å². The second-order valence-electron chi connectivity index (χ2n) is 11.7. The minimum Gasteiger partial charge on any atom is -0.493 e. The van der Waals surface area contributed by atoms with Crippen molar-refractivity contribution in [3.8, 4) is 23.0 Å². The van der Waals surface area contributed by atoms with Gasteiger partial charge in [-0.3, -0.25) is 9.78 Å². The van der Waals surface area contributed by atoms with Crippen molar-refractivity contribution in [1.29, 1.82) is 0 Å². The lowest BCUT2D eigenvalue weighted by molar-refractivity contribution is 0.158. The Morgan fingerprint density at radius 2 is 1.76 bits per heavy atom. The Morgan fingerprint density at radius 3 is 2.47 bits per heavy atom. The summed E-state index contributed by atoms with van der Waals surface area (Å²) in [6.45, 7) is 8.19. The van der Waals surface area contributed by atoms with Crippen molar-refractivity contribution in [2.45, 2.75) is 52.9 Å². The lowest BCUT2D eigenvalue weighted by atomic mass is 9.97. The number of aromatic nitrogens is 1. The molecule has 0 atom stereocenters. The minimum atomic E-state index is -0.567. The molecule has 1 aliphatic heterocycles. The highest BCUT2D eigenvalue weighted by atomic mass is 19.1. The van der Waals surface area contributed by atoms with Crippen molar-refractivity contribution < 1.29 is 27.8 Å². The van der Waals surface area contributed by atoms with Crippen LogP contribution in [0.1, 0.15) is 50.1 Å². The summed E-state index contributed by atoms with van der Waals surface area (Å²) >= 11 is 0. The molecule has 6 rings (SSSR count). The Balaban J connectivity index is 1.58. The number of hydrogen-bond donors (Lipinski definition) is 0. The van der Waals surface area contributed by atoms with E-state index in [-0.39, 0.29) is 24.5 Å². The summed E-state index contributed by atoms with van der Waals surface area (Å²) in [7, 11) is 1.54. The van der Waals surface area contributed by atoms with E-state index < -0.39 is 5.60 Å². The normalized spacial score (nSPS) is 13.3. The van der Waals surface area contributed by atoms with Crippen LogP contribution in [0.15, 0.2) is 87.7 Å². The number of methoxy groups -OCH3 is 1. The molecule has 0 bridgehead atoms. The van der Waals surface area contributed by atoms with Gasteiger partial charge >= 0.3 is 0 Å². The number of halogens is 1. The van der Waals surface area contributed by atoms with Gasteiger partial charge in [0.25, 0.3) is 0 Å². The van der Waals surface area contributed by atoms with E-state index in [1.165, 1.54) is 12.1 Å². The quantitative estimate of drug-likeness (QED) is 0.123. The molecule has 0 N–H and O–H groups in total. The van der Waals surface area contributed by atoms with Crippen LogP contribution in [0.5, 0.6) is 23.0 Å². The number of rotatable bonds is 9. The first-order chi connectivity index (χ1) is 21.6. The minimum absolute atomic E-state index is 0.144. The summed E-state index contributed by atoms with van der Waals surface area (Å²) in [6, 6.07) is 15.1. The maximum atomic E-state index is 14.6. The van der Waals surface area contributed by atoms with Crippen LogP contribution in [-0.4, -0.2) is 17.7 Å². The molecular formula is C37H34FNO6. The standard InChI is InChI=1S/C37H34FNO6/c1-22(2)9-14-27-32-29(19-31(35(27)41-5)42-20-23-10-12-24(38)13-11-23)44-30-18-28-26(15-16-37(3,4)45-28)36(33(30)34(32)40)43-21-25-8-6-7-17-39-25/h6-13,15-19H,14,20-21H2,1-5H3. The van der Waals surface area contributed by atoms with Gasteiger partial charge in [0.05, 0.1) is 23.8 Å². The van der Waals surface area contributed by atoms with E-state index in [9.17, 15) is 9.18 Å². The Morgan fingerprint density at radius 1 is 0.978 bits per heavy atom.